The van der Waals surface area contributed by atoms with Gasteiger partial charge in [-0.3, -0.25) is 0 Å². The summed E-state index contributed by atoms with van der Waals surface area (Å²) in [7, 11) is 0. The van der Waals surface area contributed by atoms with E-state index in [2.05, 4.69) is 0 Å². The highest BCUT2D eigenvalue weighted by Gasteiger charge is 2.12. The van der Waals surface area contributed by atoms with E-state index in [9.17, 15) is 0 Å². The van der Waals surface area contributed by atoms with Crippen LogP contribution in [0.25, 0.3) is 11.0 Å². The van der Waals surface area contributed by atoms with Crippen molar-refractivity contribution in [2.75, 3.05) is 0 Å². The van der Waals surface area contributed by atoms with Gasteiger partial charge in [-0.05, 0) is 30.3 Å². The molecule has 0 aliphatic rings. The number of para-hydroxylation sites is 1. The highest BCUT2D eigenvalue weighted by molar-refractivity contribution is 6.30. The maximum Gasteiger partial charge on any atom is 0.147 e. The Labute approximate surface area is 121 Å². The minimum absolute atomic E-state index is 0.350. The van der Waals surface area contributed by atoms with Crippen LogP contribution in [0.1, 0.15) is 11.3 Å². The van der Waals surface area contributed by atoms with Crippen LogP contribution in [-0.4, -0.2) is 0 Å². The van der Waals surface area contributed by atoms with Crippen molar-refractivity contribution < 1.29 is 9.15 Å². The predicted octanol–water partition coefficient (Wildman–Crippen LogP) is 4.12. The van der Waals surface area contributed by atoms with Gasteiger partial charge in [-0.1, -0.05) is 29.8 Å². The molecule has 0 atom stereocenters. The van der Waals surface area contributed by atoms with Crippen molar-refractivity contribution in [2.24, 2.45) is 5.73 Å². The molecule has 0 saturated carbocycles. The van der Waals surface area contributed by atoms with Gasteiger partial charge in [0, 0.05) is 22.5 Å². The summed E-state index contributed by atoms with van der Waals surface area (Å²) < 4.78 is 11.5. The van der Waals surface area contributed by atoms with Crippen molar-refractivity contribution in [3.63, 3.8) is 0 Å². The van der Waals surface area contributed by atoms with Crippen LogP contribution < -0.4 is 10.5 Å². The molecule has 0 aliphatic heterocycles. The lowest BCUT2D eigenvalue weighted by molar-refractivity contribution is 0.272. The lowest BCUT2D eigenvalue weighted by Crippen LogP contribution is -2.02. The van der Waals surface area contributed by atoms with E-state index < -0.39 is 0 Å². The SMILES string of the molecule is NCc1c(COc2ccc(Cl)cc2)oc2ccccc12. The largest absolute Gasteiger partial charge is 0.486 e. The molecule has 4 heteroatoms. The molecule has 0 saturated heterocycles. The van der Waals surface area contributed by atoms with E-state index >= 15 is 0 Å². The van der Waals surface area contributed by atoms with Gasteiger partial charge in [0.15, 0.2) is 0 Å². The molecule has 1 heterocycles. The van der Waals surface area contributed by atoms with E-state index in [1.807, 2.05) is 36.4 Å². The van der Waals surface area contributed by atoms with Crippen LogP contribution in [0.2, 0.25) is 5.02 Å². The van der Waals surface area contributed by atoms with Gasteiger partial charge in [-0.15, -0.1) is 0 Å². The quantitative estimate of drug-likeness (QED) is 0.785. The number of benzene rings is 2. The Morgan fingerprint density at radius 2 is 1.80 bits per heavy atom. The molecular formula is C16H14ClNO2. The maximum atomic E-state index is 5.84. The molecule has 0 fully saturated rings. The van der Waals surface area contributed by atoms with Crippen LogP contribution in [0.15, 0.2) is 52.9 Å². The van der Waals surface area contributed by atoms with Crippen LogP contribution in [0.5, 0.6) is 5.75 Å². The highest BCUT2D eigenvalue weighted by Crippen LogP contribution is 2.26. The fourth-order valence-corrected chi connectivity index (χ4v) is 2.30. The summed E-state index contributed by atoms with van der Waals surface area (Å²) in [6.07, 6.45) is 0. The molecule has 3 rings (SSSR count). The van der Waals surface area contributed by atoms with Gasteiger partial charge in [-0.2, -0.15) is 0 Å². The average Bonchev–Trinajstić information content (AvgIpc) is 2.84. The smallest absolute Gasteiger partial charge is 0.147 e. The number of hydrogen-bond acceptors (Lipinski definition) is 3. The van der Waals surface area contributed by atoms with Crippen molar-refractivity contribution >= 4 is 22.6 Å². The highest BCUT2D eigenvalue weighted by atomic mass is 35.5. The molecule has 20 heavy (non-hydrogen) atoms. The molecule has 3 nitrogen and oxygen atoms in total. The van der Waals surface area contributed by atoms with Gasteiger partial charge in [-0.25, -0.2) is 0 Å². The first kappa shape index (κ1) is 13.0. The fourth-order valence-electron chi connectivity index (χ4n) is 2.17. The van der Waals surface area contributed by atoms with Crippen LogP contribution in [0.4, 0.5) is 0 Å². The Kier molecular flexibility index (Phi) is 3.63. The summed E-state index contributed by atoms with van der Waals surface area (Å²) in [5.41, 5.74) is 7.65. The van der Waals surface area contributed by atoms with E-state index in [0.29, 0.717) is 18.2 Å². The summed E-state index contributed by atoms with van der Waals surface area (Å²) in [5, 5.41) is 1.73. The number of rotatable bonds is 4. The molecule has 1 aromatic heterocycles. The number of hydrogen-bond donors (Lipinski definition) is 1. The molecule has 2 aromatic carbocycles. The minimum atomic E-state index is 0.350. The molecule has 0 bridgehead atoms. The molecule has 0 aliphatic carbocycles. The van der Waals surface area contributed by atoms with Gasteiger partial charge in [0.2, 0.25) is 0 Å². The second-order valence-electron chi connectivity index (χ2n) is 4.45. The Hall–Kier alpha value is -1.97. The van der Waals surface area contributed by atoms with Gasteiger partial charge < -0.3 is 14.9 Å². The fraction of sp³-hybridized carbons (Fsp3) is 0.125. The third-order valence-electron chi connectivity index (χ3n) is 3.17. The summed E-state index contributed by atoms with van der Waals surface area (Å²) in [5.74, 6) is 1.52. The molecule has 3 aromatic rings. The van der Waals surface area contributed by atoms with Crippen molar-refractivity contribution in [3.05, 3.63) is 64.9 Å². The number of nitrogens with two attached hydrogens (primary N) is 1. The van der Waals surface area contributed by atoms with Gasteiger partial charge in [0.25, 0.3) is 0 Å². The third-order valence-corrected chi connectivity index (χ3v) is 3.42. The molecule has 2 N–H and O–H groups in total. The molecule has 0 unspecified atom stereocenters. The Balaban J connectivity index is 1.85. The molecular weight excluding hydrogens is 274 g/mol. The standard InChI is InChI=1S/C16H14ClNO2/c17-11-5-7-12(8-6-11)19-10-16-14(9-18)13-3-1-2-4-15(13)20-16/h1-8H,9-10,18H2. The normalized spacial score (nSPS) is 10.9. The monoisotopic (exact) mass is 287 g/mol. The maximum absolute atomic E-state index is 5.84. The van der Waals surface area contributed by atoms with Crippen molar-refractivity contribution in [1.29, 1.82) is 0 Å². The average molecular weight is 288 g/mol. The topological polar surface area (TPSA) is 48.4 Å². The van der Waals surface area contributed by atoms with Crippen molar-refractivity contribution in [1.82, 2.24) is 0 Å². The summed E-state index contributed by atoms with van der Waals surface area (Å²) >= 11 is 5.84. The van der Waals surface area contributed by atoms with E-state index in [0.717, 1.165) is 28.0 Å². The first-order valence-electron chi connectivity index (χ1n) is 6.35. The van der Waals surface area contributed by atoms with Gasteiger partial charge >= 0.3 is 0 Å². The molecule has 0 amide bonds. The van der Waals surface area contributed by atoms with Gasteiger partial charge in [0.05, 0.1) is 0 Å². The second-order valence-corrected chi connectivity index (χ2v) is 4.88. The van der Waals surface area contributed by atoms with Gasteiger partial charge in [0.1, 0.15) is 23.7 Å². The van der Waals surface area contributed by atoms with Crippen LogP contribution in [0, 0.1) is 0 Å². The molecule has 0 spiro atoms. The molecule has 102 valence electrons. The Bertz CT molecular complexity index is 719. The van der Waals surface area contributed by atoms with E-state index in [1.54, 1.807) is 12.1 Å². The summed E-state index contributed by atoms with van der Waals surface area (Å²) in [6, 6.07) is 15.1. The predicted molar refractivity (Wildman–Crippen MR) is 79.9 cm³/mol. The number of furan rings is 1. The van der Waals surface area contributed by atoms with Crippen molar-refractivity contribution in [3.8, 4) is 5.75 Å². The number of ether oxygens (including phenoxy) is 1. The Morgan fingerprint density at radius 3 is 2.55 bits per heavy atom. The minimum Gasteiger partial charge on any atom is -0.486 e. The van der Waals surface area contributed by atoms with E-state index in [1.165, 1.54) is 0 Å². The Morgan fingerprint density at radius 1 is 1.05 bits per heavy atom. The first-order valence-corrected chi connectivity index (χ1v) is 6.73. The zero-order valence-electron chi connectivity index (χ0n) is 10.8. The number of fused-ring (bicyclic) bond motifs is 1. The van der Waals surface area contributed by atoms with Crippen LogP contribution in [0.3, 0.4) is 0 Å². The molecule has 0 radical (unpaired) electrons. The summed E-state index contributed by atoms with van der Waals surface area (Å²) in [4.78, 5) is 0. The second kappa shape index (κ2) is 5.57. The van der Waals surface area contributed by atoms with Crippen molar-refractivity contribution in [2.45, 2.75) is 13.2 Å². The third kappa shape index (κ3) is 2.50. The first-order chi connectivity index (χ1) is 9.78. The van der Waals surface area contributed by atoms with E-state index in [4.69, 9.17) is 26.5 Å². The van der Waals surface area contributed by atoms with Crippen LogP contribution >= 0.6 is 11.6 Å². The zero-order valence-corrected chi connectivity index (χ0v) is 11.6. The lowest BCUT2D eigenvalue weighted by Gasteiger charge is -2.05. The summed E-state index contributed by atoms with van der Waals surface area (Å²) in [6.45, 7) is 0.777. The van der Waals surface area contributed by atoms with Crippen LogP contribution in [-0.2, 0) is 13.2 Å². The lowest BCUT2D eigenvalue weighted by atomic mass is 10.1. The zero-order chi connectivity index (χ0) is 13.9. The number of halogens is 1. The van der Waals surface area contributed by atoms with E-state index in [-0.39, 0.29) is 0 Å².